The van der Waals surface area contributed by atoms with Gasteiger partial charge in [-0.15, -0.1) is 0 Å². The van der Waals surface area contributed by atoms with Crippen LogP contribution in [0.15, 0.2) is 30.6 Å². The van der Waals surface area contributed by atoms with Crippen molar-refractivity contribution < 1.29 is 9.53 Å². The van der Waals surface area contributed by atoms with Crippen molar-refractivity contribution in [3.63, 3.8) is 0 Å². The van der Waals surface area contributed by atoms with E-state index in [1.165, 1.54) is 25.7 Å². The number of carbonyl (C=O) groups is 1. The molecule has 2 aliphatic heterocycles. The molecular weight excluding hydrogens is 402 g/mol. The summed E-state index contributed by atoms with van der Waals surface area (Å²) in [5.41, 5.74) is 1.55. The largest absolute Gasteiger partial charge is 0.378 e. The maximum absolute atomic E-state index is 12.6. The second-order valence-electron chi connectivity index (χ2n) is 7.74. The molecule has 2 saturated heterocycles. The highest BCUT2D eigenvalue weighted by atomic mass is 35.5. The standard InChI is InChI=1S/C22H28ClN5O2/c23-19-13-18(22(29)28-9-11-30-12-10-28)16-26-21(19)25-15-17-5-6-20(24-14-17)27-7-3-1-2-4-8-27/h5-6,13-14,16H,1-4,7-12,15H2,(H,25,26). The molecule has 0 radical (unpaired) electrons. The van der Waals surface area contributed by atoms with Gasteiger partial charge in [-0.05, 0) is 30.5 Å². The number of amides is 1. The molecule has 2 aromatic heterocycles. The van der Waals surface area contributed by atoms with E-state index in [4.69, 9.17) is 16.3 Å². The number of nitrogens with zero attached hydrogens (tertiary/aromatic N) is 4. The SMILES string of the molecule is O=C(c1cnc(NCc2ccc(N3CCCCCC3)nc2)c(Cl)c1)N1CCOCC1. The molecule has 8 heteroatoms. The Bertz CT molecular complexity index is 847. The lowest BCUT2D eigenvalue weighted by Gasteiger charge is -2.26. The number of hydrogen-bond donors (Lipinski definition) is 1. The normalized spacial score (nSPS) is 17.5. The van der Waals surface area contributed by atoms with Crippen LogP contribution < -0.4 is 10.2 Å². The van der Waals surface area contributed by atoms with Crippen molar-refractivity contribution in [3.8, 4) is 0 Å². The zero-order chi connectivity index (χ0) is 20.8. The monoisotopic (exact) mass is 429 g/mol. The van der Waals surface area contributed by atoms with E-state index in [2.05, 4.69) is 32.3 Å². The van der Waals surface area contributed by atoms with E-state index in [0.29, 0.717) is 49.3 Å². The second-order valence-corrected chi connectivity index (χ2v) is 8.15. The lowest BCUT2D eigenvalue weighted by atomic mass is 10.2. The summed E-state index contributed by atoms with van der Waals surface area (Å²) in [7, 11) is 0. The number of hydrogen-bond acceptors (Lipinski definition) is 6. The van der Waals surface area contributed by atoms with E-state index >= 15 is 0 Å². The van der Waals surface area contributed by atoms with Gasteiger partial charge in [-0.1, -0.05) is 30.5 Å². The number of carbonyl (C=O) groups excluding carboxylic acids is 1. The Labute approximate surface area is 182 Å². The number of rotatable bonds is 5. The molecule has 30 heavy (non-hydrogen) atoms. The van der Waals surface area contributed by atoms with Gasteiger partial charge in [-0.2, -0.15) is 0 Å². The van der Waals surface area contributed by atoms with Crippen LogP contribution in [0.3, 0.4) is 0 Å². The predicted octanol–water partition coefficient (Wildman–Crippen LogP) is 3.59. The van der Waals surface area contributed by atoms with Gasteiger partial charge in [-0.25, -0.2) is 9.97 Å². The Morgan fingerprint density at radius 1 is 1.03 bits per heavy atom. The van der Waals surface area contributed by atoms with Gasteiger partial charge in [0.25, 0.3) is 5.91 Å². The number of pyridine rings is 2. The number of aromatic nitrogens is 2. The third kappa shape index (κ3) is 5.21. The van der Waals surface area contributed by atoms with Crippen molar-refractivity contribution in [2.24, 2.45) is 0 Å². The minimum absolute atomic E-state index is 0.0625. The summed E-state index contributed by atoms with van der Waals surface area (Å²) < 4.78 is 5.30. The van der Waals surface area contributed by atoms with Crippen LogP contribution >= 0.6 is 11.6 Å². The van der Waals surface area contributed by atoms with Crippen LogP contribution in [0.4, 0.5) is 11.6 Å². The summed E-state index contributed by atoms with van der Waals surface area (Å²) in [6, 6.07) is 5.85. The molecule has 2 aliphatic rings. The quantitative estimate of drug-likeness (QED) is 0.783. The van der Waals surface area contributed by atoms with Gasteiger partial charge in [0, 0.05) is 45.1 Å². The topological polar surface area (TPSA) is 70.6 Å². The van der Waals surface area contributed by atoms with Crippen molar-refractivity contribution >= 4 is 29.1 Å². The molecule has 1 N–H and O–H groups in total. The minimum Gasteiger partial charge on any atom is -0.378 e. The first kappa shape index (κ1) is 20.9. The van der Waals surface area contributed by atoms with Crippen molar-refractivity contribution in [1.82, 2.24) is 14.9 Å². The highest BCUT2D eigenvalue weighted by molar-refractivity contribution is 6.33. The maximum atomic E-state index is 12.6. The Kier molecular flexibility index (Phi) is 7.02. The summed E-state index contributed by atoms with van der Waals surface area (Å²) in [5, 5.41) is 3.68. The molecule has 0 aliphatic carbocycles. The van der Waals surface area contributed by atoms with E-state index in [0.717, 1.165) is 24.5 Å². The van der Waals surface area contributed by atoms with E-state index < -0.39 is 0 Å². The van der Waals surface area contributed by atoms with Crippen LogP contribution in [0.5, 0.6) is 0 Å². The Hall–Kier alpha value is -2.38. The van der Waals surface area contributed by atoms with Crippen LogP contribution in [0.1, 0.15) is 41.6 Å². The van der Waals surface area contributed by atoms with E-state index in [1.807, 2.05) is 6.20 Å². The van der Waals surface area contributed by atoms with Crippen molar-refractivity contribution in [2.75, 3.05) is 49.6 Å². The molecule has 0 atom stereocenters. The molecule has 1 amide bonds. The van der Waals surface area contributed by atoms with Gasteiger partial charge in [0.05, 0.1) is 23.8 Å². The first-order chi connectivity index (χ1) is 14.7. The van der Waals surface area contributed by atoms with Crippen LogP contribution in [-0.2, 0) is 11.3 Å². The number of ether oxygens (including phenoxy) is 1. The Morgan fingerprint density at radius 3 is 2.47 bits per heavy atom. The van der Waals surface area contributed by atoms with Crippen molar-refractivity contribution in [2.45, 2.75) is 32.2 Å². The smallest absolute Gasteiger partial charge is 0.255 e. The van der Waals surface area contributed by atoms with E-state index in [1.54, 1.807) is 17.2 Å². The minimum atomic E-state index is -0.0625. The summed E-state index contributed by atoms with van der Waals surface area (Å²) in [6.45, 7) is 5.05. The highest BCUT2D eigenvalue weighted by Gasteiger charge is 2.20. The highest BCUT2D eigenvalue weighted by Crippen LogP contribution is 2.22. The number of nitrogens with one attached hydrogen (secondary N) is 1. The average Bonchev–Trinajstić information content (AvgIpc) is 3.08. The van der Waals surface area contributed by atoms with Crippen molar-refractivity contribution in [1.29, 1.82) is 0 Å². The summed E-state index contributed by atoms with van der Waals surface area (Å²) in [4.78, 5) is 25.7. The van der Waals surface area contributed by atoms with Crippen LogP contribution in [-0.4, -0.2) is 60.2 Å². The number of anilines is 2. The van der Waals surface area contributed by atoms with Crippen LogP contribution in [0.2, 0.25) is 5.02 Å². The molecular formula is C22H28ClN5O2. The fraction of sp³-hybridized carbons (Fsp3) is 0.500. The molecule has 4 rings (SSSR count). The first-order valence-corrected chi connectivity index (χ1v) is 11.0. The molecule has 0 unspecified atom stereocenters. The van der Waals surface area contributed by atoms with Gasteiger partial charge in [0.1, 0.15) is 11.6 Å². The van der Waals surface area contributed by atoms with Crippen molar-refractivity contribution in [3.05, 3.63) is 46.7 Å². The zero-order valence-electron chi connectivity index (χ0n) is 17.1. The summed E-state index contributed by atoms with van der Waals surface area (Å²) in [5.74, 6) is 1.54. The van der Waals surface area contributed by atoms with E-state index in [9.17, 15) is 4.79 Å². The number of morpholine rings is 1. The molecule has 160 valence electrons. The Morgan fingerprint density at radius 2 is 1.80 bits per heavy atom. The van der Waals surface area contributed by atoms with Gasteiger partial charge >= 0.3 is 0 Å². The molecule has 0 aromatic carbocycles. The molecule has 2 aromatic rings. The van der Waals surface area contributed by atoms with Crippen LogP contribution in [0.25, 0.3) is 0 Å². The van der Waals surface area contributed by atoms with E-state index in [-0.39, 0.29) is 5.91 Å². The number of halogens is 1. The molecule has 7 nitrogen and oxygen atoms in total. The average molecular weight is 430 g/mol. The summed E-state index contributed by atoms with van der Waals surface area (Å²) in [6.07, 6.45) is 8.56. The lowest BCUT2D eigenvalue weighted by Crippen LogP contribution is -2.40. The molecule has 2 fully saturated rings. The van der Waals surface area contributed by atoms with Gasteiger partial charge in [-0.3, -0.25) is 4.79 Å². The van der Waals surface area contributed by atoms with Gasteiger partial charge < -0.3 is 19.9 Å². The fourth-order valence-electron chi connectivity index (χ4n) is 3.83. The molecule has 0 spiro atoms. The summed E-state index contributed by atoms with van der Waals surface area (Å²) >= 11 is 6.38. The third-order valence-corrected chi connectivity index (χ3v) is 5.87. The van der Waals surface area contributed by atoms with Crippen LogP contribution in [0, 0.1) is 0 Å². The predicted molar refractivity (Wildman–Crippen MR) is 118 cm³/mol. The molecule has 4 heterocycles. The second kappa shape index (κ2) is 10.1. The molecule has 0 saturated carbocycles. The Balaban J connectivity index is 1.34. The van der Waals surface area contributed by atoms with Gasteiger partial charge in [0.15, 0.2) is 0 Å². The van der Waals surface area contributed by atoms with Gasteiger partial charge in [0.2, 0.25) is 0 Å². The zero-order valence-corrected chi connectivity index (χ0v) is 17.9. The lowest BCUT2D eigenvalue weighted by molar-refractivity contribution is 0.0302. The first-order valence-electron chi connectivity index (χ1n) is 10.7. The third-order valence-electron chi connectivity index (χ3n) is 5.59. The molecule has 0 bridgehead atoms. The fourth-order valence-corrected chi connectivity index (χ4v) is 4.06. The maximum Gasteiger partial charge on any atom is 0.255 e.